The number of hydrogen-bond donors (Lipinski definition) is 1. The van der Waals surface area contributed by atoms with Crippen molar-refractivity contribution in [3.8, 4) is 11.4 Å². The lowest BCUT2D eigenvalue weighted by molar-refractivity contribution is 0.182. The van der Waals surface area contributed by atoms with Crippen molar-refractivity contribution in [1.29, 1.82) is 0 Å². The van der Waals surface area contributed by atoms with Crippen molar-refractivity contribution >= 4 is 10.9 Å². The molecule has 1 atom stereocenters. The number of nitrogens with one attached hydrogen (secondary N) is 1. The van der Waals surface area contributed by atoms with Gasteiger partial charge >= 0.3 is 5.69 Å². The Morgan fingerprint density at radius 2 is 2.00 bits per heavy atom. The summed E-state index contributed by atoms with van der Waals surface area (Å²) in [6, 6.07) is 7.55. The zero-order chi connectivity index (χ0) is 21.9. The first-order valence-electron chi connectivity index (χ1n) is 12.1. The van der Waals surface area contributed by atoms with Crippen molar-refractivity contribution in [3.05, 3.63) is 46.8 Å². The van der Waals surface area contributed by atoms with Crippen LogP contribution in [0.25, 0.3) is 16.6 Å². The fourth-order valence-corrected chi connectivity index (χ4v) is 5.49. The molecule has 1 saturated heterocycles. The minimum absolute atomic E-state index is 0.199. The Morgan fingerprint density at radius 1 is 1.12 bits per heavy atom. The Bertz CT molecular complexity index is 1110. The molecule has 0 spiro atoms. The highest BCUT2D eigenvalue weighted by atomic mass is 16.5. The number of aromatic nitrogens is 4. The quantitative estimate of drug-likeness (QED) is 0.626. The molecule has 0 bridgehead atoms. The summed E-state index contributed by atoms with van der Waals surface area (Å²) >= 11 is 0. The molecule has 7 nitrogen and oxygen atoms in total. The fraction of sp³-hybridized carbons (Fsp3) is 0.560. The number of aromatic amines is 1. The molecule has 1 N–H and O–H groups in total. The predicted molar refractivity (Wildman–Crippen MR) is 126 cm³/mol. The van der Waals surface area contributed by atoms with Crippen LogP contribution in [0.5, 0.6) is 5.75 Å². The Morgan fingerprint density at radius 3 is 2.84 bits per heavy atom. The summed E-state index contributed by atoms with van der Waals surface area (Å²) in [7, 11) is 1.63. The van der Waals surface area contributed by atoms with Crippen LogP contribution < -0.4 is 10.4 Å². The SMILES string of the molecule is COc1ccc(-n2nc([C@H]3CCCN(CCC4CCCCC4)C3)[nH]c2=O)c2cccnc12. The number of likely N-dealkylation sites (tertiary alicyclic amines) is 1. The van der Waals surface area contributed by atoms with Crippen LogP contribution >= 0.6 is 0 Å². The predicted octanol–water partition coefficient (Wildman–Crippen LogP) is 4.27. The lowest BCUT2D eigenvalue weighted by atomic mass is 9.86. The summed E-state index contributed by atoms with van der Waals surface area (Å²) in [4.78, 5) is 22.9. The highest BCUT2D eigenvalue weighted by molar-refractivity contribution is 5.91. The molecule has 1 aromatic carbocycles. The fourth-order valence-electron chi connectivity index (χ4n) is 5.49. The van der Waals surface area contributed by atoms with Gasteiger partial charge in [0.05, 0.1) is 12.8 Å². The number of rotatable bonds is 6. The molecule has 3 aromatic rings. The van der Waals surface area contributed by atoms with E-state index >= 15 is 0 Å². The van der Waals surface area contributed by atoms with E-state index in [2.05, 4.69) is 14.9 Å². The first kappa shape index (κ1) is 21.2. The minimum Gasteiger partial charge on any atom is -0.494 e. The average Bonchev–Trinajstić information content (AvgIpc) is 3.24. The van der Waals surface area contributed by atoms with Crippen molar-refractivity contribution in [2.24, 2.45) is 5.92 Å². The molecule has 32 heavy (non-hydrogen) atoms. The summed E-state index contributed by atoms with van der Waals surface area (Å²) in [6.45, 7) is 3.30. The van der Waals surface area contributed by atoms with Crippen LogP contribution in [0.1, 0.15) is 63.1 Å². The van der Waals surface area contributed by atoms with E-state index in [1.807, 2.05) is 24.3 Å². The van der Waals surface area contributed by atoms with Crippen molar-refractivity contribution in [2.75, 3.05) is 26.7 Å². The number of H-pyrrole nitrogens is 1. The van der Waals surface area contributed by atoms with Gasteiger partial charge in [0.25, 0.3) is 0 Å². The van der Waals surface area contributed by atoms with Gasteiger partial charge in [-0.15, -0.1) is 5.10 Å². The third-order valence-corrected chi connectivity index (χ3v) is 7.26. The Kier molecular flexibility index (Phi) is 6.26. The van der Waals surface area contributed by atoms with E-state index in [9.17, 15) is 4.79 Å². The van der Waals surface area contributed by atoms with E-state index < -0.39 is 0 Å². The van der Waals surface area contributed by atoms with Crippen LogP contribution in [0.3, 0.4) is 0 Å². The van der Waals surface area contributed by atoms with Crippen LogP contribution in [-0.2, 0) is 0 Å². The van der Waals surface area contributed by atoms with Crippen LogP contribution in [0.15, 0.2) is 35.3 Å². The van der Waals surface area contributed by atoms with Crippen molar-refractivity contribution in [3.63, 3.8) is 0 Å². The molecule has 3 heterocycles. The molecule has 0 amide bonds. The zero-order valence-corrected chi connectivity index (χ0v) is 18.9. The molecular weight excluding hydrogens is 402 g/mol. The molecule has 170 valence electrons. The second-order valence-electron chi connectivity index (χ2n) is 9.35. The van der Waals surface area contributed by atoms with Gasteiger partial charge in [-0.2, -0.15) is 4.68 Å². The summed E-state index contributed by atoms with van der Waals surface area (Å²) in [5, 5.41) is 5.60. The zero-order valence-electron chi connectivity index (χ0n) is 18.9. The molecule has 2 aliphatic rings. The monoisotopic (exact) mass is 435 g/mol. The van der Waals surface area contributed by atoms with Gasteiger partial charge in [0.1, 0.15) is 17.1 Å². The number of pyridine rings is 1. The van der Waals surface area contributed by atoms with E-state index in [1.54, 1.807) is 13.3 Å². The Hall–Kier alpha value is -2.67. The molecule has 2 aromatic heterocycles. The second-order valence-corrected chi connectivity index (χ2v) is 9.35. The Balaban J connectivity index is 1.34. The first-order chi connectivity index (χ1) is 15.7. The maximum absolute atomic E-state index is 12.9. The summed E-state index contributed by atoms with van der Waals surface area (Å²) < 4.78 is 6.93. The van der Waals surface area contributed by atoms with Crippen LogP contribution in [-0.4, -0.2) is 51.4 Å². The number of benzene rings is 1. The number of piperidine rings is 1. The van der Waals surface area contributed by atoms with Crippen LogP contribution in [0, 0.1) is 5.92 Å². The summed E-state index contributed by atoms with van der Waals surface area (Å²) in [5.74, 6) is 2.66. The van der Waals surface area contributed by atoms with Crippen molar-refractivity contribution in [1.82, 2.24) is 24.6 Å². The maximum Gasteiger partial charge on any atom is 0.348 e. The molecule has 7 heteroatoms. The third kappa shape index (κ3) is 4.31. The summed E-state index contributed by atoms with van der Waals surface area (Å²) in [5.41, 5.74) is 1.26. The van der Waals surface area contributed by atoms with Crippen LogP contribution in [0.4, 0.5) is 0 Å². The van der Waals surface area contributed by atoms with E-state index in [1.165, 1.54) is 49.8 Å². The molecule has 5 rings (SSSR count). The van der Waals surface area contributed by atoms with E-state index in [-0.39, 0.29) is 11.6 Å². The number of fused-ring (bicyclic) bond motifs is 1. The number of ether oxygens (including phenoxy) is 1. The average molecular weight is 436 g/mol. The maximum atomic E-state index is 12.9. The molecule has 0 unspecified atom stereocenters. The first-order valence-corrected chi connectivity index (χ1v) is 12.1. The number of hydrogen-bond acceptors (Lipinski definition) is 5. The van der Waals surface area contributed by atoms with Gasteiger partial charge < -0.3 is 9.64 Å². The van der Waals surface area contributed by atoms with E-state index in [4.69, 9.17) is 9.84 Å². The van der Waals surface area contributed by atoms with Crippen molar-refractivity contribution in [2.45, 2.75) is 57.3 Å². The molecular formula is C25H33N5O2. The Labute approximate surface area is 188 Å². The normalized spacial score (nSPS) is 20.6. The smallest absolute Gasteiger partial charge is 0.348 e. The molecule has 2 fully saturated rings. The summed E-state index contributed by atoms with van der Waals surface area (Å²) in [6.07, 6.45) is 12.3. The third-order valence-electron chi connectivity index (χ3n) is 7.26. The highest BCUT2D eigenvalue weighted by Crippen LogP contribution is 2.30. The van der Waals surface area contributed by atoms with Gasteiger partial charge in [-0.25, -0.2) is 4.79 Å². The van der Waals surface area contributed by atoms with Gasteiger partial charge in [-0.3, -0.25) is 9.97 Å². The van der Waals surface area contributed by atoms with Gasteiger partial charge in [-0.1, -0.05) is 32.1 Å². The largest absolute Gasteiger partial charge is 0.494 e. The van der Waals surface area contributed by atoms with E-state index in [0.29, 0.717) is 5.75 Å². The highest BCUT2D eigenvalue weighted by Gasteiger charge is 2.26. The molecule has 1 saturated carbocycles. The van der Waals surface area contributed by atoms with E-state index in [0.717, 1.165) is 54.3 Å². The standard InChI is InChI=1S/C25H33N5O2/c1-32-22-12-11-21(20-10-5-14-26-23(20)22)30-25(31)27-24(28-30)19-9-6-15-29(17-19)16-13-18-7-3-2-4-8-18/h5,10-12,14,18-19H,2-4,6-9,13,15-17H2,1H3,(H,27,28,31)/t19-/m0/s1. The molecule has 1 aliphatic heterocycles. The lowest BCUT2D eigenvalue weighted by Crippen LogP contribution is -2.36. The van der Waals surface area contributed by atoms with Gasteiger partial charge in [0.15, 0.2) is 0 Å². The van der Waals surface area contributed by atoms with Crippen molar-refractivity contribution < 1.29 is 4.74 Å². The lowest BCUT2D eigenvalue weighted by Gasteiger charge is -2.33. The topological polar surface area (TPSA) is 76.0 Å². The van der Waals surface area contributed by atoms with Gasteiger partial charge in [0, 0.05) is 24.0 Å². The second kappa shape index (κ2) is 9.45. The number of methoxy groups -OCH3 is 1. The number of nitrogens with zero attached hydrogens (tertiary/aromatic N) is 4. The van der Waals surface area contributed by atoms with Crippen LogP contribution in [0.2, 0.25) is 0 Å². The van der Waals surface area contributed by atoms with Gasteiger partial charge in [-0.05, 0) is 62.5 Å². The van der Waals surface area contributed by atoms with Gasteiger partial charge in [0.2, 0.25) is 0 Å². The minimum atomic E-state index is -0.199. The molecule has 1 aliphatic carbocycles. The molecule has 0 radical (unpaired) electrons.